The molecule has 5 aromatic rings. The summed E-state index contributed by atoms with van der Waals surface area (Å²) in [5.41, 5.74) is 3.44. The first-order valence-electron chi connectivity index (χ1n) is 11.0. The van der Waals surface area contributed by atoms with Gasteiger partial charge in [-0.25, -0.2) is 4.79 Å². The molecule has 33 heavy (non-hydrogen) atoms. The van der Waals surface area contributed by atoms with Gasteiger partial charge in [0.2, 0.25) is 0 Å². The maximum atomic E-state index is 13.2. The summed E-state index contributed by atoms with van der Waals surface area (Å²) in [5, 5.41) is 14.3. The van der Waals surface area contributed by atoms with Crippen LogP contribution in [-0.2, 0) is 5.41 Å². The van der Waals surface area contributed by atoms with E-state index in [0.717, 1.165) is 32.9 Å². The summed E-state index contributed by atoms with van der Waals surface area (Å²) in [6.07, 6.45) is 0. The van der Waals surface area contributed by atoms with Crippen LogP contribution in [0, 0.1) is 0 Å². The van der Waals surface area contributed by atoms with Crippen molar-refractivity contribution < 1.29 is 14.6 Å². The fraction of sp³-hybridized carbons (Fsp3) is 0.138. The Labute approximate surface area is 192 Å². The van der Waals surface area contributed by atoms with Crippen LogP contribution in [0.3, 0.4) is 0 Å². The average molecular weight is 436 g/mol. The van der Waals surface area contributed by atoms with Crippen LogP contribution >= 0.6 is 0 Å². The molecule has 0 amide bonds. The second-order valence-corrected chi connectivity index (χ2v) is 9.24. The Morgan fingerprint density at radius 2 is 1.45 bits per heavy atom. The van der Waals surface area contributed by atoms with Gasteiger partial charge in [-0.3, -0.25) is 0 Å². The number of fused-ring (bicyclic) bond motifs is 2. The van der Waals surface area contributed by atoms with E-state index in [4.69, 9.17) is 4.74 Å². The number of carbonyl (C=O) groups is 1. The van der Waals surface area contributed by atoms with Crippen molar-refractivity contribution in [1.82, 2.24) is 4.98 Å². The van der Waals surface area contributed by atoms with E-state index >= 15 is 0 Å². The summed E-state index contributed by atoms with van der Waals surface area (Å²) in [6, 6.07) is 26.4. The lowest BCUT2D eigenvalue weighted by Gasteiger charge is -2.21. The van der Waals surface area contributed by atoms with Crippen molar-refractivity contribution in [3.05, 3.63) is 96.2 Å². The summed E-state index contributed by atoms with van der Waals surface area (Å²) in [4.78, 5) is 16.7. The van der Waals surface area contributed by atoms with Crippen LogP contribution in [0.1, 0.15) is 36.8 Å². The minimum absolute atomic E-state index is 0.0788. The minimum atomic E-state index is -0.595. The number of aromatic amines is 1. The van der Waals surface area contributed by atoms with E-state index < -0.39 is 5.97 Å². The van der Waals surface area contributed by atoms with Gasteiger partial charge in [0, 0.05) is 33.1 Å². The molecule has 4 heteroatoms. The molecule has 0 aliphatic carbocycles. The third-order valence-electron chi connectivity index (χ3n) is 5.90. The first kappa shape index (κ1) is 20.8. The molecule has 164 valence electrons. The number of nitrogens with one attached hydrogen (secondary N) is 1. The van der Waals surface area contributed by atoms with E-state index in [9.17, 15) is 9.90 Å². The highest BCUT2D eigenvalue weighted by molar-refractivity contribution is 6.12. The smallest absolute Gasteiger partial charge is 0.347 e. The van der Waals surface area contributed by atoms with Crippen molar-refractivity contribution in [1.29, 1.82) is 0 Å². The quantitative estimate of drug-likeness (QED) is 0.232. The zero-order valence-electron chi connectivity index (χ0n) is 18.8. The lowest BCUT2D eigenvalue weighted by Crippen LogP contribution is -2.13. The number of hydrogen-bond donors (Lipinski definition) is 2. The maximum Gasteiger partial charge on any atom is 0.347 e. The largest absolute Gasteiger partial charge is 0.506 e. The van der Waals surface area contributed by atoms with Crippen LogP contribution in [0.4, 0.5) is 0 Å². The van der Waals surface area contributed by atoms with Crippen LogP contribution in [0.25, 0.3) is 32.8 Å². The van der Waals surface area contributed by atoms with E-state index in [1.54, 1.807) is 30.3 Å². The van der Waals surface area contributed by atoms with Gasteiger partial charge in [0.25, 0.3) is 0 Å². The Balaban J connectivity index is 1.81. The number of phenols is 1. The van der Waals surface area contributed by atoms with Gasteiger partial charge in [-0.15, -0.1) is 0 Å². The highest BCUT2D eigenvalue weighted by Crippen LogP contribution is 2.46. The molecule has 5 rings (SSSR count). The van der Waals surface area contributed by atoms with Crippen LogP contribution in [0.5, 0.6) is 11.5 Å². The molecule has 0 bridgehead atoms. The Hall–Kier alpha value is -4.05. The predicted molar refractivity (Wildman–Crippen MR) is 133 cm³/mol. The number of aromatic nitrogens is 1. The molecule has 0 saturated heterocycles. The number of esters is 1. The van der Waals surface area contributed by atoms with E-state index in [2.05, 4.69) is 25.8 Å². The zero-order chi connectivity index (χ0) is 23.2. The SMILES string of the molecule is CC(C)(C)c1[nH]c2ccccc2c1-c1c(O)c(C(=O)Oc2ccccc2)cc2ccccc12. The van der Waals surface area contributed by atoms with Gasteiger partial charge in [0.15, 0.2) is 0 Å². The molecule has 0 unspecified atom stereocenters. The van der Waals surface area contributed by atoms with Crippen molar-refractivity contribution in [2.24, 2.45) is 0 Å². The molecule has 0 atom stereocenters. The highest BCUT2D eigenvalue weighted by atomic mass is 16.5. The molecule has 1 aromatic heterocycles. The van der Waals surface area contributed by atoms with Gasteiger partial charge < -0.3 is 14.8 Å². The van der Waals surface area contributed by atoms with Crippen LogP contribution < -0.4 is 4.74 Å². The molecule has 0 aliphatic rings. The third kappa shape index (κ3) is 3.64. The highest BCUT2D eigenvalue weighted by Gasteiger charge is 2.28. The second kappa shape index (κ2) is 7.82. The molecule has 4 nitrogen and oxygen atoms in total. The molecule has 4 aromatic carbocycles. The van der Waals surface area contributed by atoms with Crippen molar-refractivity contribution in [2.45, 2.75) is 26.2 Å². The standard InChI is InChI=1S/C29H25NO3/c1-29(2,3)27-25(21-15-9-10-16-23(21)30-27)24-20-14-8-7-11-18(20)17-22(26(24)31)28(32)33-19-12-5-4-6-13-19/h4-17,30-31H,1-3H3. The first-order chi connectivity index (χ1) is 15.8. The van der Waals surface area contributed by atoms with Gasteiger partial charge in [0.05, 0.1) is 0 Å². The van der Waals surface area contributed by atoms with Gasteiger partial charge in [-0.05, 0) is 35.0 Å². The van der Waals surface area contributed by atoms with E-state index in [1.165, 1.54) is 0 Å². The lowest BCUT2D eigenvalue weighted by atomic mass is 9.84. The Bertz CT molecular complexity index is 1490. The van der Waals surface area contributed by atoms with Gasteiger partial charge in [0.1, 0.15) is 17.1 Å². The fourth-order valence-corrected chi connectivity index (χ4v) is 4.36. The second-order valence-electron chi connectivity index (χ2n) is 9.24. The molecule has 2 N–H and O–H groups in total. The van der Waals surface area contributed by atoms with E-state index in [-0.39, 0.29) is 16.7 Å². The fourth-order valence-electron chi connectivity index (χ4n) is 4.36. The monoisotopic (exact) mass is 435 g/mol. The number of ether oxygens (including phenoxy) is 1. The third-order valence-corrected chi connectivity index (χ3v) is 5.90. The molecular weight excluding hydrogens is 410 g/mol. The first-order valence-corrected chi connectivity index (χ1v) is 11.0. The molecule has 1 heterocycles. The minimum Gasteiger partial charge on any atom is -0.506 e. The molecule has 0 fully saturated rings. The summed E-state index contributed by atoms with van der Waals surface area (Å²) < 4.78 is 5.58. The van der Waals surface area contributed by atoms with Crippen molar-refractivity contribution >= 4 is 27.6 Å². The predicted octanol–water partition coefficient (Wildman–Crippen LogP) is 7.21. The summed E-state index contributed by atoms with van der Waals surface area (Å²) in [5.74, 6) is -0.244. The normalized spacial score (nSPS) is 11.7. The number of H-pyrrole nitrogens is 1. The number of para-hydroxylation sites is 2. The van der Waals surface area contributed by atoms with Crippen LogP contribution in [0.2, 0.25) is 0 Å². The van der Waals surface area contributed by atoms with Gasteiger partial charge in [-0.1, -0.05) is 81.4 Å². The lowest BCUT2D eigenvalue weighted by molar-refractivity contribution is 0.0732. The number of carbonyl (C=O) groups excluding carboxylic acids is 1. The molecule has 0 saturated carbocycles. The van der Waals surface area contributed by atoms with Gasteiger partial charge >= 0.3 is 5.97 Å². The summed E-state index contributed by atoms with van der Waals surface area (Å²) in [6.45, 7) is 6.40. The summed E-state index contributed by atoms with van der Waals surface area (Å²) in [7, 11) is 0. The van der Waals surface area contributed by atoms with Crippen LogP contribution in [0.15, 0.2) is 84.9 Å². The number of benzene rings is 4. The van der Waals surface area contributed by atoms with Crippen molar-refractivity contribution in [2.75, 3.05) is 0 Å². The average Bonchev–Trinajstić information content (AvgIpc) is 3.19. The number of rotatable bonds is 3. The van der Waals surface area contributed by atoms with Crippen molar-refractivity contribution in [3.8, 4) is 22.6 Å². The maximum absolute atomic E-state index is 13.2. The van der Waals surface area contributed by atoms with Gasteiger partial charge in [-0.2, -0.15) is 0 Å². The molecule has 0 aliphatic heterocycles. The van der Waals surface area contributed by atoms with E-state index in [1.807, 2.05) is 54.6 Å². The Morgan fingerprint density at radius 1 is 0.818 bits per heavy atom. The summed E-state index contributed by atoms with van der Waals surface area (Å²) >= 11 is 0. The number of hydrogen-bond acceptors (Lipinski definition) is 3. The zero-order valence-corrected chi connectivity index (χ0v) is 18.8. The topological polar surface area (TPSA) is 62.3 Å². The number of phenolic OH excluding ortho intramolecular Hbond substituents is 1. The molecule has 0 spiro atoms. The Kier molecular flexibility index (Phi) is 4.94. The molecule has 0 radical (unpaired) electrons. The Morgan fingerprint density at radius 3 is 2.18 bits per heavy atom. The number of aromatic hydroxyl groups is 1. The van der Waals surface area contributed by atoms with Crippen LogP contribution in [-0.4, -0.2) is 16.1 Å². The molecular formula is C29H25NO3. The van der Waals surface area contributed by atoms with Crippen molar-refractivity contribution in [3.63, 3.8) is 0 Å². The van der Waals surface area contributed by atoms with E-state index in [0.29, 0.717) is 11.3 Å².